The highest BCUT2D eigenvalue weighted by Gasteiger charge is 2.14. The zero-order valence-corrected chi connectivity index (χ0v) is 11.3. The molecule has 0 amide bonds. The summed E-state index contributed by atoms with van der Waals surface area (Å²) >= 11 is 0. The second-order valence-corrected chi connectivity index (χ2v) is 4.72. The maximum Gasteiger partial charge on any atom is 0.329 e. The summed E-state index contributed by atoms with van der Waals surface area (Å²) in [6, 6.07) is 9.81. The summed E-state index contributed by atoms with van der Waals surface area (Å²) < 4.78 is 2.88. The van der Waals surface area contributed by atoms with Crippen molar-refractivity contribution in [2.45, 2.75) is 13.5 Å². The molecule has 20 heavy (non-hydrogen) atoms. The Morgan fingerprint density at radius 2 is 1.90 bits per heavy atom. The van der Waals surface area contributed by atoms with E-state index in [0.29, 0.717) is 23.5 Å². The molecule has 3 aromatic rings. The summed E-state index contributed by atoms with van der Waals surface area (Å²) in [4.78, 5) is 30.7. The minimum atomic E-state index is -0.452. The van der Waals surface area contributed by atoms with Gasteiger partial charge in [-0.25, -0.2) is 9.78 Å². The van der Waals surface area contributed by atoms with Crippen molar-refractivity contribution < 1.29 is 0 Å². The highest BCUT2D eigenvalue weighted by molar-refractivity contribution is 5.70. The summed E-state index contributed by atoms with van der Waals surface area (Å²) in [6.45, 7) is 2.37. The lowest BCUT2D eigenvalue weighted by Crippen LogP contribution is -2.33. The van der Waals surface area contributed by atoms with Gasteiger partial charge in [0.25, 0.3) is 5.56 Å². The molecule has 0 radical (unpaired) electrons. The quantitative estimate of drug-likeness (QED) is 0.748. The number of H-pyrrole nitrogens is 1. The molecule has 0 aliphatic rings. The van der Waals surface area contributed by atoms with Gasteiger partial charge in [-0.05, 0) is 12.5 Å². The van der Waals surface area contributed by atoms with Crippen LogP contribution in [0.2, 0.25) is 0 Å². The Morgan fingerprint density at radius 3 is 2.60 bits per heavy atom. The molecular formula is C14H14N4O2. The van der Waals surface area contributed by atoms with E-state index in [1.165, 1.54) is 7.05 Å². The molecule has 0 aliphatic heterocycles. The van der Waals surface area contributed by atoms with E-state index < -0.39 is 5.69 Å². The fourth-order valence-electron chi connectivity index (χ4n) is 2.26. The topological polar surface area (TPSA) is 72.7 Å². The Bertz CT molecular complexity index is 887. The van der Waals surface area contributed by atoms with Gasteiger partial charge < -0.3 is 4.57 Å². The number of benzene rings is 1. The SMILES string of the molecule is Cc1nc2[nH]c(=O)n(C)c(=O)c2n1Cc1ccccc1. The van der Waals surface area contributed by atoms with Gasteiger partial charge in [-0.15, -0.1) is 0 Å². The Morgan fingerprint density at radius 1 is 1.20 bits per heavy atom. The van der Waals surface area contributed by atoms with E-state index in [1.807, 2.05) is 41.8 Å². The van der Waals surface area contributed by atoms with E-state index in [2.05, 4.69) is 9.97 Å². The van der Waals surface area contributed by atoms with Crippen LogP contribution in [0.15, 0.2) is 39.9 Å². The van der Waals surface area contributed by atoms with Crippen LogP contribution in [0.25, 0.3) is 11.2 Å². The zero-order chi connectivity index (χ0) is 14.3. The van der Waals surface area contributed by atoms with E-state index in [-0.39, 0.29) is 5.56 Å². The molecule has 0 atom stereocenters. The third-order valence-corrected chi connectivity index (χ3v) is 3.38. The molecule has 0 saturated carbocycles. The van der Waals surface area contributed by atoms with Crippen LogP contribution in [0.1, 0.15) is 11.4 Å². The molecule has 0 unspecified atom stereocenters. The molecule has 0 spiro atoms. The van der Waals surface area contributed by atoms with Gasteiger partial charge in [-0.1, -0.05) is 30.3 Å². The van der Waals surface area contributed by atoms with Gasteiger partial charge in [0, 0.05) is 13.6 Å². The standard InChI is InChI=1S/C14H14N4O2/c1-9-15-12-11(13(19)17(2)14(20)16-12)18(9)8-10-6-4-3-5-7-10/h3-7H,8H2,1-2H3,(H,16,20). The number of aromatic amines is 1. The van der Waals surface area contributed by atoms with E-state index in [1.54, 1.807) is 0 Å². The minimum absolute atomic E-state index is 0.333. The van der Waals surface area contributed by atoms with Crippen molar-refractivity contribution in [3.8, 4) is 0 Å². The predicted molar refractivity (Wildman–Crippen MR) is 75.9 cm³/mol. The summed E-state index contributed by atoms with van der Waals surface area (Å²) in [5.41, 5.74) is 1.05. The van der Waals surface area contributed by atoms with Crippen LogP contribution < -0.4 is 11.2 Å². The van der Waals surface area contributed by atoms with Gasteiger partial charge in [-0.2, -0.15) is 0 Å². The van der Waals surface area contributed by atoms with E-state index in [9.17, 15) is 9.59 Å². The number of rotatable bonds is 2. The van der Waals surface area contributed by atoms with Crippen molar-refractivity contribution in [1.82, 2.24) is 19.1 Å². The van der Waals surface area contributed by atoms with Gasteiger partial charge in [0.1, 0.15) is 5.82 Å². The molecule has 0 saturated heterocycles. The molecule has 0 aliphatic carbocycles. The minimum Gasteiger partial charge on any atom is -0.318 e. The molecule has 2 heterocycles. The van der Waals surface area contributed by atoms with Crippen LogP contribution in [-0.4, -0.2) is 19.1 Å². The summed E-state index contributed by atoms with van der Waals surface area (Å²) in [6.07, 6.45) is 0. The Labute approximate surface area is 114 Å². The Kier molecular flexibility index (Phi) is 2.78. The number of hydrogen-bond acceptors (Lipinski definition) is 3. The number of hydrogen-bond donors (Lipinski definition) is 1. The molecule has 102 valence electrons. The van der Waals surface area contributed by atoms with Gasteiger partial charge >= 0.3 is 5.69 Å². The summed E-state index contributed by atoms with van der Waals surface area (Å²) in [5, 5.41) is 0. The summed E-state index contributed by atoms with van der Waals surface area (Å²) in [7, 11) is 1.45. The van der Waals surface area contributed by atoms with Crippen LogP contribution in [0.3, 0.4) is 0 Å². The highest BCUT2D eigenvalue weighted by atomic mass is 16.2. The highest BCUT2D eigenvalue weighted by Crippen LogP contribution is 2.11. The van der Waals surface area contributed by atoms with Crippen LogP contribution in [0.5, 0.6) is 0 Å². The van der Waals surface area contributed by atoms with Crippen LogP contribution in [0, 0.1) is 6.92 Å². The predicted octanol–water partition coefficient (Wildman–Crippen LogP) is 0.780. The Balaban J connectivity index is 2.26. The number of aryl methyl sites for hydroxylation is 1. The molecule has 0 bridgehead atoms. The van der Waals surface area contributed by atoms with E-state index >= 15 is 0 Å². The number of fused-ring (bicyclic) bond motifs is 1. The Hall–Kier alpha value is -2.63. The van der Waals surface area contributed by atoms with E-state index in [0.717, 1.165) is 10.1 Å². The van der Waals surface area contributed by atoms with Gasteiger partial charge in [0.15, 0.2) is 11.2 Å². The van der Waals surface area contributed by atoms with Crippen molar-refractivity contribution >= 4 is 11.2 Å². The first-order chi connectivity index (χ1) is 9.58. The van der Waals surface area contributed by atoms with Crippen LogP contribution in [0.4, 0.5) is 0 Å². The molecule has 1 N–H and O–H groups in total. The average molecular weight is 270 g/mol. The second-order valence-electron chi connectivity index (χ2n) is 4.72. The van der Waals surface area contributed by atoms with Crippen molar-refractivity contribution in [2.75, 3.05) is 0 Å². The third kappa shape index (κ3) is 1.85. The normalized spacial score (nSPS) is 11.1. The average Bonchev–Trinajstić information content (AvgIpc) is 2.74. The maximum atomic E-state index is 12.3. The number of aromatic nitrogens is 4. The molecule has 0 fully saturated rings. The third-order valence-electron chi connectivity index (χ3n) is 3.38. The van der Waals surface area contributed by atoms with Gasteiger partial charge in [0.2, 0.25) is 0 Å². The largest absolute Gasteiger partial charge is 0.329 e. The lowest BCUT2D eigenvalue weighted by molar-refractivity contribution is 0.755. The van der Waals surface area contributed by atoms with Crippen molar-refractivity contribution in [2.24, 2.45) is 7.05 Å². The first-order valence-electron chi connectivity index (χ1n) is 6.28. The molecule has 3 rings (SSSR count). The first kappa shape index (κ1) is 12.4. The lowest BCUT2D eigenvalue weighted by Gasteiger charge is -2.06. The van der Waals surface area contributed by atoms with Crippen molar-refractivity contribution in [3.05, 3.63) is 62.6 Å². The van der Waals surface area contributed by atoms with Crippen molar-refractivity contribution in [3.63, 3.8) is 0 Å². The molecule has 2 aromatic heterocycles. The van der Waals surface area contributed by atoms with Crippen LogP contribution >= 0.6 is 0 Å². The molecule has 6 nitrogen and oxygen atoms in total. The van der Waals surface area contributed by atoms with Gasteiger partial charge in [-0.3, -0.25) is 14.3 Å². The fraction of sp³-hybridized carbons (Fsp3) is 0.214. The zero-order valence-electron chi connectivity index (χ0n) is 11.3. The maximum absolute atomic E-state index is 12.3. The number of imidazole rings is 1. The van der Waals surface area contributed by atoms with Crippen molar-refractivity contribution in [1.29, 1.82) is 0 Å². The monoisotopic (exact) mass is 270 g/mol. The number of nitrogens with one attached hydrogen (secondary N) is 1. The smallest absolute Gasteiger partial charge is 0.318 e. The molecular weight excluding hydrogens is 256 g/mol. The molecule has 1 aromatic carbocycles. The molecule has 6 heteroatoms. The summed E-state index contributed by atoms with van der Waals surface area (Å²) in [5.74, 6) is 0.697. The second kappa shape index (κ2) is 4.48. The van der Waals surface area contributed by atoms with E-state index in [4.69, 9.17) is 0 Å². The lowest BCUT2D eigenvalue weighted by atomic mass is 10.2. The fourth-order valence-corrected chi connectivity index (χ4v) is 2.26. The van der Waals surface area contributed by atoms with Crippen LogP contribution in [-0.2, 0) is 13.6 Å². The van der Waals surface area contributed by atoms with Gasteiger partial charge in [0.05, 0.1) is 0 Å². The first-order valence-corrected chi connectivity index (χ1v) is 6.28. The number of nitrogens with zero attached hydrogens (tertiary/aromatic N) is 3.